The van der Waals surface area contributed by atoms with E-state index < -0.39 is 11.6 Å². The normalized spacial score (nSPS) is 18.7. The third-order valence-electron chi connectivity index (χ3n) is 4.26. The number of rotatable bonds is 5. The Bertz CT molecular complexity index is 1020. The Morgan fingerprint density at radius 1 is 1.26 bits per heavy atom. The maximum Gasteiger partial charge on any atom is 0.355 e. The smallest absolute Gasteiger partial charge is 0.355 e. The molecule has 3 heterocycles. The molecule has 1 atom stereocenters. The molecule has 2 aromatic heterocycles. The number of benzene rings is 1. The van der Waals surface area contributed by atoms with E-state index in [4.69, 9.17) is 27.7 Å². The third kappa shape index (κ3) is 3.18. The van der Waals surface area contributed by atoms with Gasteiger partial charge in [0.2, 0.25) is 5.66 Å². The molecule has 3 aromatic rings. The lowest BCUT2D eigenvalue weighted by atomic mass is 9.98. The minimum Gasteiger partial charge on any atom is -0.478 e. The molecule has 6 nitrogen and oxygen atoms in total. The first kappa shape index (κ1) is 17.9. The average Bonchev–Trinajstić information content (AvgIpc) is 3.36. The zero-order valence-corrected chi connectivity index (χ0v) is 16.1. The van der Waals surface area contributed by atoms with Crippen LogP contribution in [0.1, 0.15) is 11.3 Å². The summed E-state index contributed by atoms with van der Waals surface area (Å²) in [6.07, 6.45) is 3.28. The van der Waals surface area contributed by atoms with E-state index in [0.29, 0.717) is 26.4 Å². The van der Waals surface area contributed by atoms with Gasteiger partial charge in [-0.3, -0.25) is 0 Å². The van der Waals surface area contributed by atoms with Crippen LogP contribution in [0.3, 0.4) is 0 Å². The Morgan fingerprint density at radius 3 is 2.70 bits per heavy atom. The van der Waals surface area contributed by atoms with E-state index in [9.17, 15) is 9.90 Å². The second-order valence-corrected chi connectivity index (χ2v) is 8.05. The lowest BCUT2D eigenvalue weighted by molar-refractivity contribution is -0.151. The summed E-state index contributed by atoms with van der Waals surface area (Å²) in [5.41, 5.74) is -0.295. The van der Waals surface area contributed by atoms with Gasteiger partial charge in [0.25, 0.3) is 0 Å². The van der Waals surface area contributed by atoms with Crippen LogP contribution in [0.5, 0.6) is 0 Å². The van der Waals surface area contributed by atoms with Crippen molar-refractivity contribution in [2.75, 3.05) is 0 Å². The molecule has 138 valence electrons. The van der Waals surface area contributed by atoms with Gasteiger partial charge in [0.15, 0.2) is 5.76 Å². The third-order valence-corrected chi connectivity index (χ3v) is 5.75. The van der Waals surface area contributed by atoms with Crippen LogP contribution in [-0.4, -0.2) is 21.1 Å². The van der Waals surface area contributed by atoms with Crippen molar-refractivity contribution < 1.29 is 14.4 Å². The van der Waals surface area contributed by atoms with E-state index in [1.807, 2.05) is 6.07 Å². The fourth-order valence-corrected chi connectivity index (χ4v) is 4.10. The summed E-state index contributed by atoms with van der Waals surface area (Å²) >= 11 is 13.3. The predicted octanol–water partition coefficient (Wildman–Crippen LogP) is 4.52. The summed E-state index contributed by atoms with van der Waals surface area (Å²) < 4.78 is 6.05. The number of aromatic nitrogens is 1. The summed E-state index contributed by atoms with van der Waals surface area (Å²) in [6, 6.07) is 12.1. The highest BCUT2D eigenvalue weighted by Crippen LogP contribution is 2.34. The topological polar surface area (TPSA) is 78.6 Å². The molecule has 4 rings (SSSR count). The molecule has 0 amide bonds. The number of carboxylic acids is 1. The molecule has 9 heteroatoms. The molecule has 0 saturated carbocycles. The van der Waals surface area contributed by atoms with Crippen LogP contribution < -0.4 is 5.32 Å². The Morgan fingerprint density at radius 2 is 2.04 bits per heavy atom. The molecular weight excluding hydrogens is 409 g/mol. The molecular formula is C18H13Cl2N3O3S. The van der Waals surface area contributed by atoms with Crippen LogP contribution in [0.4, 0.5) is 0 Å². The van der Waals surface area contributed by atoms with Crippen molar-refractivity contribution in [2.24, 2.45) is 0 Å². The Hall–Kier alpha value is -2.48. The van der Waals surface area contributed by atoms with Crippen LogP contribution in [-0.2, 0) is 17.0 Å². The van der Waals surface area contributed by atoms with Gasteiger partial charge in [-0.05, 0) is 24.3 Å². The number of carboxylic acid groups (broad SMARTS) is 1. The fourth-order valence-electron chi connectivity index (χ4n) is 2.99. The number of aliphatic carboxylic acids is 1. The SMILES string of the molecule is O=C(O)C1(c2ccc(Cl)cc2)NC=CN1Cc1cc(-c2ccc(Cl)s2)on1. The van der Waals surface area contributed by atoms with Gasteiger partial charge in [0, 0.05) is 29.1 Å². The summed E-state index contributed by atoms with van der Waals surface area (Å²) in [5.74, 6) is -0.450. The van der Waals surface area contributed by atoms with Crippen LogP contribution in [0.2, 0.25) is 9.36 Å². The van der Waals surface area contributed by atoms with Gasteiger partial charge in [0.1, 0.15) is 5.69 Å². The number of thiophene rings is 1. The molecule has 0 saturated heterocycles. The van der Waals surface area contributed by atoms with Gasteiger partial charge < -0.3 is 19.8 Å². The molecule has 1 aromatic carbocycles. The van der Waals surface area contributed by atoms with Crippen molar-refractivity contribution in [3.8, 4) is 10.6 Å². The first-order valence-electron chi connectivity index (χ1n) is 7.91. The monoisotopic (exact) mass is 421 g/mol. The van der Waals surface area contributed by atoms with E-state index in [0.717, 1.165) is 4.88 Å². The second kappa shape index (κ2) is 6.92. The van der Waals surface area contributed by atoms with Gasteiger partial charge in [-0.15, -0.1) is 11.3 Å². The molecule has 1 aliphatic rings. The van der Waals surface area contributed by atoms with Crippen LogP contribution in [0.15, 0.2) is 59.4 Å². The molecule has 0 fully saturated rings. The highest BCUT2D eigenvalue weighted by atomic mass is 35.5. The number of hydrogen-bond acceptors (Lipinski definition) is 6. The van der Waals surface area contributed by atoms with Crippen molar-refractivity contribution in [3.05, 3.63) is 75.5 Å². The van der Waals surface area contributed by atoms with Gasteiger partial charge in [-0.2, -0.15) is 0 Å². The molecule has 1 unspecified atom stereocenters. The van der Waals surface area contributed by atoms with E-state index in [1.165, 1.54) is 11.3 Å². The Balaban J connectivity index is 1.64. The minimum absolute atomic E-state index is 0.237. The lowest BCUT2D eigenvalue weighted by Crippen LogP contribution is -2.54. The van der Waals surface area contributed by atoms with Crippen molar-refractivity contribution in [2.45, 2.75) is 12.2 Å². The Kier molecular flexibility index (Phi) is 4.59. The number of nitrogens with zero attached hydrogens (tertiary/aromatic N) is 2. The number of carbonyl (C=O) groups is 1. The molecule has 2 N–H and O–H groups in total. The van der Waals surface area contributed by atoms with Crippen LogP contribution in [0.25, 0.3) is 10.6 Å². The quantitative estimate of drug-likeness (QED) is 0.630. The maximum absolute atomic E-state index is 12.2. The fraction of sp³-hybridized carbons (Fsp3) is 0.111. The predicted molar refractivity (Wildman–Crippen MR) is 103 cm³/mol. The first-order valence-corrected chi connectivity index (χ1v) is 9.48. The molecule has 27 heavy (non-hydrogen) atoms. The molecule has 0 radical (unpaired) electrons. The second-order valence-electron chi connectivity index (χ2n) is 5.90. The summed E-state index contributed by atoms with van der Waals surface area (Å²) in [6.45, 7) is 0.237. The highest BCUT2D eigenvalue weighted by molar-refractivity contribution is 7.19. The minimum atomic E-state index is -1.45. The van der Waals surface area contributed by atoms with Crippen LogP contribution in [0, 0.1) is 0 Å². The van der Waals surface area contributed by atoms with E-state index >= 15 is 0 Å². The van der Waals surface area contributed by atoms with Crippen molar-refractivity contribution in [3.63, 3.8) is 0 Å². The number of nitrogens with one attached hydrogen (secondary N) is 1. The van der Waals surface area contributed by atoms with E-state index in [-0.39, 0.29) is 6.54 Å². The summed E-state index contributed by atoms with van der Waals surface area (Å²) in [5, 5.41) is 17.5. The van der Waals surface area contributed by atoms with Gasteiger partial charge in [-0.1, -0.05) is 40.5 Å². The molecule has 0 bridgehead atoms. The van der Waals surface area contributed by atoms with Gasteiger partial charge in [-0.25, -0.2) is 4.79 Å². The number of hydrogen-bond donors (Lipinski definition) is 2. The van der Waals surface area contributed by atoms with Gasteiger partial charge >= 0.3 is 5.97 Å². The first-order chi connectivity index (χ1) is 13.0. The largest absolute Gasteiger partial charge is 0.478 e. The lowest BCUT2D eigenvalue weighted by Gasteiger charge is -2.35. The van der Waals surface area contributed by atoms with Gasteiger partial charge in [0.05, 0.1) is 15.8 Å². The van der Waals surface area contributed by atoms with Crippen molar-refractivity contribution in [1.82, 2.24) is 15.4 Å². The summed E-state index contributed by atoms with van der Waals surface area (Å²) in [4.78, 5) is 14.7. The molecule has 0 spiro atoms. The van der Waals surface area contributed by atoms with Crippen LogP contribution >= 0.6 is 34.5 Å². The van der Waals surface area contributed by atoms with E-state index in [1.54, 1.807) is 53.7 Å². The van der Waals surface area contributed by atoms with Crippen molar-refractivity contribution in [1.29, 1.82) is 0 Å². The zero-order chi connectivity index (χ0) is 19.0. The zero-order valence-electron chi connectivity index (χ0n) is 13.7. The number of halogens is 2. The summed E-state index contributed by atoms with van der Waals surface area (Å²) in [7, 11) is 0. The standard InChI is InChI=1S/C18H13Cl2N3O3S/c19-12-3-1-11(2-4-12)18(17(24)25)21-7-8-23(18)10-13-9-14(26-22-13)15-5-6-16(20)27-15/h1-9,21H,10H2,(H,24,25). The molecule has 0 aliphatic carbocycles. The van der Waals surface area contributed by atoms with Crippen molar-refractivity contribution >= 4 is 40.5 Å². The van der Waals surface area contributed by atoms with E-state index in [2.05, 4.69) is 10.5 Å². The highest BCUT2D eigenvalue weighted by Gasteiger charge is 2.47. The molecule has 1 aliphatic heterocycles. The average molecular weight is 422 g/mol. The Labute approximate surface area is 168 Å². The maximum atomic E-state index is 12.2.